The summed E-state index contributed by atoms with van der Waals surface area (Å²) >= 11 is 0. The molecule has 1 heterocycles. The number of benzene rings is 1. The number of nitrogens with one attached hydrogen (secondary N) is 1. The van der Waals surface area contributed by atoms with Gasteiger partial charge in [-0.05, 0) is 18.9 Å². The van der Waals surface area contributed by atoms with Crippen LogP contribution in [0.4, 0.5) is 5.69 Å². The van der Waals surface area contributed by atoms with E-state index in [1.54, 1.807) is 7.11 Å². The average Bonchev–Trinajstić information content (AvgIpc) is 2.63. The Labute approximate surface area is 107 Å². The van der Waals surface area contributed by atoms with Crippen LogP contribution in [-0.4, -0.2) is 24.7 Å². The predicted octanol–water partition coefficient (Wildman–Crippen LogP) is 2.12. The summed E-state index contributed by atoms with van der Waals surface area (Å²) in [5.74, 6) is -0.0858. The van der Waals surface area contributed by atoms with Gasteiger partial charge in [0, 0.05) is 12.7 Å². The highest BCUT2D eigenvalue weighted by Gasteiger charge is 2.32. The lowest BCUT2D eigenvalue weighted by molar-refractivity contribution is -0.117. The molecule has 0 radical (unpaired) electrons. The van der Waals surface area contributed by atoms with Gasteiger partial charge in [0.25, 0.3) is 0 Å². The number of methoxy groups -OCH3 is 1. The fourth-order valence-electron chi connectivity index (χ4n) is 2.53. The second kappa shape index (κ2) is 5.08. The normalized spacial score (nSPS) is 19.6. The van der Waals surface area contributed by atoms with Gasteiger partial charge >= 0.3 is 0 Å². The molecule has 2 rings (SSSR count). The summed E-state index contributed by atoms with van der Waals surface area (Å²) in [6, 6.07) is 3.92. The molecule has 1 amide bonds. The molecular weight excluding hydrogens is 230 g/mol. The average molecular weight is 249 g/mol. The Morgan fingerprint density at radius 2 is 2.22 bits per heavy atom. The Kier molecular flexibility index (Phi) is 3.68. The molecule has 1 aromatic rings. The highest BCUT2D eigenvalue weighted by atomic mass is 16.5. The second-order valence-electron chi connectivity index (χ2n) is 4.74. The lowest BCUT2D eigenvalue weighted by Gasteiger charge is -2.15. The molecule has 2 atom stereocenters. The molecule has 4 nitrogen and oxygen atoms in total. The summed E-state index contributed by atoms with van der Waals surface area (Å²) in [5.41, 5.74) is 3.56. The maximum absolute atomic E-state index is 11.9. The van der Waals surface area contributed by atoms with E-state index < -0.39 is 6.10 Å². The third-order valence-corrected chi connectivity index (χ3v) is 3.38. The highest BCUT2D eigenvalue weighted by Crippen LogP contribution is 2.40. The highest BCUT2D eigenvalue weighted by molar-refractivity contribution is 6.03. The van der Waals surface area contributed by atoms with Crippen LogP contribution in [0.2, 0.25) is 0 Å². The number of aryl methyl sites for hydroxylation is 1. The number of fused-ring (bicyclic) bond motifs is 1. The van der Waals surface area contributed by atoms with Crippen molar-refractivity contribution >= 4 is 11.6 Å². The number of amides is 1. The first-order chi connectivity index (χ1) is 8.58. The van der Waals surface area contributed by atoms with Crippen LogP contribution in [0.5, 0.6) is 0 Å². The fourth-order valence-corrected chi connectivity index (χ4v) is 2.53. The van der Waals surface area contributed by atoms with Crippen molar-refractivity contribution in [1.29, 1.82) is 0 Å². The Morgan fingerprint density at radius 3 is 2.83 bits per heavy atom. The molecule has 98 valence electrons. The Hall–Kier alpha value is -1.39. The van der Waals surface area contributed by atoms with E-state index >= 15 is 0 Å². The van der Waals surface area contributed by atoms with E-state index in [0.29, 0.717) is 0 Å². The summed E-state index contributed by atoms with van der Waals surface area (Å²) in [4.78, 5) is 11.9. The van der Waals surface area contributed by atoms with Gasteiger partial charge in [-0.3, -0.25) is 4.79 Å². The number of hydrogen-bond donors (Lipinski definition) is 2. The molecule has 0 saturated heterocycles. The van der Waals surface area contributed by atoms with Gasteiger partial charge in [-0.15, -0.1) is 0 Å². The van der Waals surface area contributed by atoms with E-state index in [1.807, 2.05) is 26.0 Å². The molecule has 1 aliphatic rings. The van der Waals surface area contributed by atoms with E-state index in [-0.39, 0.29) is 18.4 Å². The van der Waals surface area contributed by atoms with Crippen molar-refractivity contribution in [2.24, 2.45) is 0 Å². The third-order valence-electron chi connectivity index (χ3n) is 3.38. The number of carbonyl (C=O) groups is 1. The van der Waals surface area contributed by atoms with Gasteiger partial charge in [-0.1, -0.05) is 24.6 Å². The molecule has 0 bridgehead atoms. The van der Waals surface area contributed by atoms with Crippen LogP contribution in [0, 0.1) is 6.92 Å². The topological polar surface area (TPSA) is 58.6 Å². The van der Waals surface area contributed by atoms with Gasteiger partial charge in [-0.25, -0.2) is 0 Å². The van der Waals surface area contributed by atoms with E-state index in [2.05, 4.69) is 5.32 Å². The maximum Gasteiger partial charge on any atom is 0.232 e. The fraction of sp³-hybridized carbons (Fsp3) is 0.500. The van der Waals surface area contributed by atoms with Crippen molar-refractivity contribution in [1.82, 2.24) is 0 Å². The van der Waals surface area contributed by atoms with Crippen LogP contribution in [0.25, 0.3) is 0 Å². The molecule has 4 heteroatoms. The van der Waals surface area contributed by atoms with Gasteiger partial charge in [0.1, 0.15) is 6.10 Å². The third kappa shape index (κ3) is 2.13. The lowest BCUT2D eigenvalue weighted by Crippen LogP contribution is -2.12. The molecule has 2 N–H and O–H groups in total. The van der Waals surface area contributed by atoms with Crippen LogP contribution in [-0.2, 0) is 9.53 Å². The smallest absolute Gasteiger partial charge is 0.232 e. The first-order valence-electron chi connectivity index (χ1n) is 6.20. The van der Waals surface area contributed by atoms with Crippen LogP contribution in [0.1, 0.15) is 42.1 Å². The second-order valence-corrected chi connectivity index (χ2v) is 4.74. The minimum Gasteiger partial charge on any atom is -0.386 e. The van der Waals surface area contributed by atoms with Crippen molar-refractivity contribution in [3.8, 4) is 0 Å². The summed E-state index contributed by atoms with van der Waals surface area (Å²) in [5, 5.41) is 13.0. The molecule has 18 heavy (non-hydrogen) atoms. The number of ether oxygens (including phenoxy) is 1. The number of hydrogen-bond acceptors (Lipinski definition) is 3. The zero-order chi connectivity index (χ0) is 13.3. The summed E-state index contributed by atoms with van der Waals surface area (Å²) in [6.07, 6.45) is 0.0572. The van der Waals surface area contributed by atoms with Crippen LogP contribution in [0.15, 0.2) is 12.1 Å². The van der Waals surface area contributed by atoms with Crippen molar-refractivity contribution in [3.05, 3.63) is 28.8 Å². The zero-order valence-electron chi connectivity index (χ0n) is 11.0. The predicted molar refractivity (Wildman–Crippen MR) is 69.7 cm³/mol. The Bertz CT molecular complexity index is 470. The monoisotopic (exact) mass is 249 g/mol. The standard InChI is InChI=1S/C14H19NO3/c1-4-9-10-5-8(2)6-11(12(16)7-18-3)13(10)15-14(9)17/h5-6,9,12,16H,4,7H2,1-3H3,(H,15,17). The first kappa shape index (κ1) is 13.1. The van der Waals surface area contributed by atoms with Gasteiger partial charge in [0.15, 0.2) is 0 Å². The molecule has 0 spiro atoms. The minimum absolute atomic E-state index is 0.0176. The lowest BCUT2D eigenvalue weighted by atomic mass is 9.93. The van der Waals surface area contributed by atoms with Crippen LogP contribution >= 0.6 is 0 Å². The quantitative estimate of drug-likeness (QED) is 0.859. The molecule has 1 aromatic carbocycles. The van der Waals surface area contributed by atoms with E-state index in [0.717, 1.165) is 28.8 Å². The van der Waals surface area contributed by atoms with Gasteiger partial charge in [0.05, 0.1) is 18.2 Å². The van der Waals surface area contributed by atoms with E-state index in [1.165, 1.54) is 0 Å². The van der Waals surface area contributed by atoms with Crippen LogP contribution < -0.4 is 5.32 Å². The summed E-state index contributed by atoms with van der Waals surface area (Å²) < 4.78 is 4.97. The van der Waals surface area contributed by atoms with Crippen molar-refractivity contribution < 1.29 is 14.6 Å². The summed E-state index contributed by atoms with van der Waals surface area (Å²) in [7, 11) is 1.55. The SMILES string of the molecule is CCC1C(=O)Nc2c(C(O)COC)cc(C)cc21. The largest absolute Gasteiger partial charge is 0.386 e. The minimum atomic E-state index is -0.709. The molecule has 0 fully saturated rings. The number of aliphatic hydroxyl groups is 1. The van der Waals surface area contributed by atoms with Gasteiger partial charge in [0.2, 0.25) is 5.91 Å². The molecule has 0 aliphatic carbocycles. The van der Waals surface area contributed by atoms with Crippen molar-refractivity contribution in [2.45, 2.75) is 32.3 Å². The number of aliphatic hydroxyl groups excluding tert-OH is 1. The Morgan fingerprint density at radius 1 is 1.50 bits per heavy atom. The molecule has 0 aromatic heterocycles. The number of anilines is 1. The zero-order valence-corrected chi connectivity index (χ0v) is 11.0. The van der Waals surface area contributed by atoms with E-state index in [4.69, 9.17) is 4.74 Å². The number of rotatable bonds is 4. The van der Waals surface area contributed by atoms with Gasteiger partial charge in [-0.2, -0.15) is 0 Å². The molecule has 2 unspecified atom stereocenters. The van der Waals surface area contributed by atoms with Crippen molar-refractivity contribution in [3.63, 3.8) is 0 Å². The molecule has 0 saturated carbocycles. The van der Waals surface area contributed by atoms with E-state index in [9.17, 15) is 9.90 Å². The number of carbonyl (C=O) groups excluding carboxylic acids is 1. The maximum atomic E-state index is 11.9. The van der Waals surface area contributed by atoms with Crippen molar-refractivity contribution in [2.75, 3.05) is 19.0 Å². The molecule has 1 aliphatic heterocycles. The molecular formula is C14H19NO3. The van der Waals surface area contributed by atoms with Crippen LogP contribution in [0.3, 0.4) is 0 Å². The van der Waals surface area contributed by atoms with Gasteiger partial charge < -0.3 is 15.2 Å². The first-order valence-corrected chi connectivity index (χ1v) is 6.20. The summed E-state index contributed by atoms with van der Waals surface area (Å²) in [6.45, 7) is 4.19. The Balaban J connectivity index is 2.48.